The highest BCUT2D eigenvalue weighted by atomic mass is 32.1. The van der Waals surface area contributed by atoms with Crippen LogP contribution in [0.15, 0.2) is 22.6 Å². The smallest absolute Gasteiger partial charge is 0.262 e. The Morgan fingerprint density at radius 1 is 1.53 bits per heavy atom. The van der Waals surface area contributed by atoms with Gasteiger partial charge in [-0.2, -0.15) is 0 Å². The van der Waals surface area contributed by atoms with Gasteiger partial charge in [0.25, 0.3) is 5.56 Å². The fourth-order valence-electron chi connectivity index (χ4n) is 1.67. The summed E-state index contributed by atoms with van der Waals surface area (Å²) in [5, 5.41) is 5.29. The maximum absolute atomic E-state index is 12.1. The van der Waals surface area contributed by atoms with Crippen LogP contribution in [0.5, 0.6) is 0 Å². The first kappa shape index (κ1) is 13.7. The third-order valence-electron chi connectivity index (χ3n) is 3.13. The molecule has 19 heavy (non-hydrogen) atoms. The van der Waals surface area contributed by atoms with Crippen LogP contribution in [0.4, 0.5) is 0 Å². The van der Waals surface area contributed by atoms with Gasteiger partial charge in [0, 0.05) is 5.54 Å². The number of carbonyl (C=O) groups excluding carboxylic acids is 1. The Morgan fingerprint density at radius 2 is 2.26 bits per heavy atom. The first-order chi connectivity index (χ1) is 8.93. The van der Waals surface area contributed by atoms with E-state index in [0.29, 0.717) is 10.2 Å². The predicted octanol–water partition coefficient (Wildman–Crippen LogP) is 1.76. The predicted molar refractivity (Wildman–Crippen MR) is 76.4 cm³/mol. The van der Waals surface area contributed by atoms with Crippen molar-refractivity contribution in [2.75, 3.05) is 0 Å². The molecule has 0 unspecified atom stereocenters. The number of amides is 1. The van der Waals surface area contributed by atoms with Crippen molar-refractivity contribution in [3.8, 4) is 0 Å². The van der Waals surface area contributed by atoms with E-state index in [1.54, 1.807) is 6.07 Å². The number of thiophene rings is 1. The third kappa shape index (κ3) is 3.01. The molecule has 5 nitrogen and oxygen atoms in total. The average Bonchev–Trinajstić information content (AvgIpc) is 2.81. The van der Waals surface area contributed by atoms with E-state index in [1.165, 1.54) is 22.2 Å². The third-order valence-corrected chi connectivity index (χ3v) is 3.95. The van der Waals surface area contributed by atoms with Gasteiger partial charge in [0.05, 0.1) is 11.7 Å². The van der Waals surface area contributed by atoms with Gasteiger partial charge in [-0.3, -0.25) is 14.2 Å². The largest absolute Gasteiger partial charge is 0.350 e. The molecular weight excluding hydrogens is 262 g/mol. The summed E-state index contributed by atoms with van der Waals surface area (Å²) in [6.45, 7) is 5.91. The summed E-state index contributed by atoms with van der Waals surface area (Å²) in [7, 11) is 0. The van der Waals surface area contributed by atoms with Crippen molar-refractivity contribution in [1.82, 2.24) is 14.9 Å². The number of hydrogen-bond acceptors (Lipinski definition) is 4. The molecule has 2 heterocycles. The van der Waals surface area contributed by atoms with Gasteiger partial charge in [0.15, 0.2) is 0 Å². The molecule has 2 aromatic rings. The van der Waals surface area contributed by atoms with E-state index in [-0.39, 0.29) is 23.6 Å². The lowest BCUT2D eigenvalue weighted by molar-refractivity contribution is -0.123. The molecule has 0 spiro atoms. The minimum Gasteiger partial charge on any atom is -0.350 e. The van der Waals surface area contributed by atoms with Crippen molar-refractivity contribution >= 4 is 27.5 Å². The molecule has 0 aliphatic heterocycles. The first-order valence-corrected chi connectivity index (χ1v) is 7.04. The minimum absolute atomic E-state index is 0.00104. The number of fused-ring (bicyclic) bond motifs is 1. The zero-order valence-electron chi connectivity index (χ0n) is 11.3. The number of carbonyl (C=O) groups is 1. The molecule has 102 valence electrons. The SMILES string of the molecule is CCC(C)(C)NC(=O)Cn1cnc2sccc2c1=O. The van der Waals surface area contributed by atoms with Crippen molar-refractivity contribution < 1.29 is 4.79 Å². The lowest BCUT2D eigenvalue weighted by atomic mass is 10.0. The van der Waals surface area contributed by atoms with Crippen LogP contribution >= 0.6 is 11.3 Å². The molecule has 0 aliphatic rings. The second-order valence-corrected chi connectivity index (χ2v) is 6.00. The molecule has 6 heteroatoms. The van der Waals surface area contributed by atoms with Crippen LogP contribution < -0.4 is 10.9 Å². The van der Waals surface area contributed by atoms with Gasteiger partial charge in [0.1, 0.15) is 11.4 Å². The maximum atomic E-state index is 12.1. The molecule has 0 saturated carbocycles. The van der Waals surface area contributed by atoms with Gasteiger partial charge in [0.2, 0.25) is 5.91 Å². The zero-order chi connectivity index (χ0) is 14.0. The summed E-state index contributed by atoms with van der Waals surface area (Å²) in [6, 6.07) is 1.74. The van der Waals surface area contributed by atoms with Gasteiger partial charge >= 0.3 is 0 Å². The topological polar surface area (TPSA) is 64.0 Å². The number of nitrogens with zero attached hydrogens (tertiary/aromatic N) is 2. The number of aromatic nitrogens is 2. The summed E-state index contributed by atoms with van der Waals surface area (Å²) in [5.41, 5.74) is -0.434. The molecule has 0 aromatic carbocycles. The Labute approximate surface area is 115 Å². The van der Waals surface area contributed by atoms with Crippen molar-refractivity contribution in [2.45, 2.75) is 39.3 Å². The fraction of sp³-hybridized carbons (Fsp3) is 0.462. The Kier molecular flexibility index (Phi) is 3.71. The van der Waals surface area contributed by atoms with Crippen molar-refractivity contribution in [2.24, 2.45) is 0 Å². The maximum Gasteiger partial charge on any atom is 0.262 e. The lowest BCUT2D eigenvalue weighted by Crippen LogP contribution is -2.45. The molecule has 0 fully saturated rings. The normalized spacial score (nSPS) is 11.7. The van der Waals surface area contributed by atoms with Crippen molar-refractivity contribution in [1.29, 1.82) is 0 Å². The summed E-state index contributed by atoms with van der Waals surface area (Å²) in [6.07, 6.45) is 2.26. The van der Waals surface area contributed by atoms with Crippen LogP contribution in [-0.4, -0.2) is 21.0 Å². The Bertz CT molecular complexity index is 657. The van der Waals surface area contributed by atoms with Gasteiger partial charge < -0.3 is 5.32 Å². The van der Waals surface area contributed by atoms with Crippen LogP contribution in [-0.2, 0) is 11.3 Å². The monoisotopic (exact) mass is 279 g/mol. The molecule has 1 amide bonds. The van der Waals surface area contributed by atoms with E-state index in [9.17, 15) is 9.59 Å². The summed E-state index contributed by atoms with van der Waals surface area (Å²) in [4.78, 5) is 28.9. The van der Waals surface area contributed by atoms with E-state index < -0.39 is 0 Å². The Hall–Kier alpha value is -1.69. The standard InChI is InChI=1S/C13H17N3O2S/c1-4-13(2,3)15-10(17)7-16-8-14-11-9(12(16)18)5-6-19-11/h5-6,8H,4,7H2,1-3H3,(H,15,17). The fourth-order valence-corrected chi connectivity index (χ4v) is 2.39. The minimum atomic E-state index is -0.263. The Balaban J connectivity index is 2.20. The van der Waals surface area contributed by atoms with Crippen LogP contribution in [0.3, 0.4) is 0 Å². The zero-order valence-corrected chi connectivity index (χ0v) is 12.1. The first-order valence-electron chi connectivity index (χ1n) is 6.16. The van der Waals surface area contributed by atoms with Crippen LogP contribution in [0.25, 0.3) is 10.2 Å². The number of rotatable bonds is 4. The van der Waals surface area contributed by atoms with Gasteiger partial charge in [-0.15, -0.1) is 11.3 Å². The molecule has 1 N–H and O–H groups in total. The number of nitrogens with one attached hydrogen (secondary N) is 1. The lowest BCUT2D eigenvalue weighted by Gasteiger charge is -2.24. The van der Waals surface area contributed by atoms with Crippen LogP contribution in [0.2, 0.25) is 0 Å². The highest BCUT2D eigenvalue weighted by Gasteiger charge is 2.18. The van der Waals surface area contributed by atoms with E-state index >= 15 is 0 Å². The molecule has 0 saturated heterocycles. The molecule has 0 radical (unpaired) electrons. The van der Waals surface area contributed by atoms with Gasteiger partial charge in [-0.25, -0.2) is 4.98 Å². The molecule has 0 aliphatic carbocycles. The summed E-state index contributed by atoms with van der Waals surface area (Å²) < 4.78 is 1.34. The average molecular weight is 279 g/mol. The second-order valence-electron chi connectivity index (χ2n) is 5.10. The highest BCUT2D eigenvalue weighted by molar-refractivity contribution is 7.16. The molecule has 0 bridgehead atoms. The van der Waals surface area contributed by atoms with E-state index in [2.05, 4.69) is 10.3 Å². The number of hydrogen-bond donors (Lipinski definition) is 1. The molecule has 2 rings (SSSR count). The second kappa shape index (κ2) is 5.13. The summed E-state index contributed by atoms with van der Waals surface area (Å²) in [5.74, 6) is -0.176. The highest BCUT2D eigenvalue weighted by Crippen LogP contribution is 2.13. The molecule has 2 aromatic heterocycles. The van der Waals surface area contributed by atoms with Gasteiger partial charge in [-0.1, -0.05) is 6.92 Å². The Morgan fingerprint density at radius 3 is 2.95 bits per heavy atom. The van der Waals surface area contributed by atoms with E-state index in [4.69, 9.17) is 0 Å². The molecule has 0 atom stereocenters. The van der Waals surface area contributed by atoms with E-state index in [0.717, 1.165) is 6.42 Å². The van der Waals surface area contributed by atoms with Crippen LogP contribution in [0, 0.1) is 0 Å². The van der Waals surface area contributed by atoms with Crippen LogP contribution in [0.1, 0.15) is 27.2 Å². The van der Waals surface area contributed by atoms with Crippen molar-refractivity contribution in [3.05, 3.63) is 28.1 Å². The molecular formula is C13H17N3O2S. The van der Waals surface area contributed by atoms with Crippen molar-refractivity contribution in [3.63, 3.8) is 0 Å². The summed E-state index contributed by atoms with van der Waals surface area (Å²) >= 11 is 1.42. The van der Waals surface area contributed by atoms with E-state index in [1.807, 2.05) is 26.2 Å². The van der Waals surface area contributed by atoms with Gasteiger partial charge in [-0.05, 0) is 31.7 Å². The quantitative estimate of drug-likeness (QED) is 0.927.